The van der Waals surface area contributed by atoms with E-state index in [1.165, 1.54) is 0 Å². The number of anilines is 2. The number of nitrogens with zero attached hydrogens (tertiary/aromatic N) is 4. The van der Waals surface area contributed by atoms with Crippen molar-refractivity contribution in [2.45, 2.75) is 6.04 Å². The zero-order valence-corrected chi connectivity index (χ0v) is 9.83. The number of nitrogen functional groups attached to an aromatic ring is 1. The number of hydrogen-bond donors (Lipinski definition) is 3. The van der Waals surface area contributed by atoms with Gasteiger partial charge in [-0.3, -0.25) is 5.43 Å². The fraction of sp³-hybridized carbons (Fsp3) is 0.500. The third-order valence-corrected chi connectivity index (χ3v) is 3.33. The van der Waals surface area contributed by atoms with E-state index in [0.717, 1.165) is 18.9 Å². The number of fused-ring (bicyclic) bond motifs is 1. The van der Waals surface area contributed by atoms with E-state index < -0.39 is 0 Å². The maximum absolute atomic E-state index is 11.5. The first kappa shape index (κ1) is 11.0. The number of hydrazine groups is 1. The normalized spacial score (nSPS) is 22.7. The lowest BCUT2D eigenvalue weighted by Crippen LogP contribution is -2.52. The van der Waals surface area contributed by atoms with Crippen molar-refractivity contribution in [3.8, 4) is 0 Å². The highest BCUT2D eigenvalue weighted by Crippen LogP contribution is 2.19. The third kappa shape index (κ3) is 1.80. The molecule has 96 valence electrons. The van der Waals surface area contributed by atoms with Gasteiger partial charge in [-0.05, 0) is 6.07 Å². The minimum atomic E-state index is 0.0339. The highest BCUT2D eigenvalue weighted by molar-refractivity contribution is 5.77. The van der Waals surface area contributed by atoms with Crippen LogP contribution in [-0.2, 0) is 0 Å². The Morgan fingerprint density at radius 1 is 1.50 bits per heavy atom. The molecule has 1 aromatic rings. The second-order valence-electron chi connectivity index (χ2n) is 4.36. The monoisotopic (exact) mass is 249 g/mol. The van der Waals surface area contributed by atoms with E-state index in [4.69, 9.17) is 5.84 Å². The van der Waals surface area contributed by atoms with Gasteiger partial charge in [-0.1, -0.05) is 0 Å². The first-order valence-corrected chi connectivity index (χ1v) is 5.87. The summed E-state index contributed by atoms with van der Waals surface area (Å²) in [5.74, 6) is 6.52. The number of rotatable bonds is 2. The van der Waals surface area contributed by atoms with Crippen molar-refractivity contribution < 1.29 is 4.79 Å². The largest absolute Gasteiger partial charge is 0.353 e. The zero-order chi connectivity index (χ0) is 12.5. The van der Waals surface area contributed by atoms with Gasteiger partial charge in [0.15, 0.2) is 0 Å². The topological polar surface area (TPSA) is 99.4 Å². The molecule has 4 N–H and O–H groups in total. The third-order valence-electron chi connectivity index (χ3n) is 3.33. The molecule has 8 nitrogen and oxygen atoms in total. The van der Waals surface area contributed by atoms with Gasteiger partial charge in [0.05, 0.1) is 6.04 Å². The van der Waals surface area contributed by atoms with Crippen molar-refractivity contribution in [3.05, 3.63) is 12.3 Å². The van der Waals surface area contributed by atoms with Gasteiger partial charge in [0, 0.05) is 32.4 Å². The summed E-state index contributed by atoms with van der Waals surface area (Å²) in [6.07, 6.45) is 1.67. The molecule has 0 aromatic carbocycles. The Morgan fingerprint density at radius 2 is 2.39 bits per heavy atom. The van der Waals surface area contributed by atoms with Crippen molar-refractivity contribution in [1.29, 1.82) is 0 Å². The van der Waals surface area contributed by atoms with E-state index in [1.807, 2.05) is 11.0 Å². The van der Waals surface area contributed by atoms with Gasteiger partial charge in [-0.15, -0.1) is 0 Å². The minimum absolute atomic E-state index is 0.0339. The molecular formula is C10H15N7O. The number of carbonyl (C=O) groups excluding carboxylic acids is 1. The van der Waals surface area contributed by atoms with Crippen LogP contribution >= 0.6 is 0 Å². The van der Waals surface area contributed by atoms with Crippen molar-refractivity contribution in [2.24, 2.45) is 5.84 Å². The van der Waals surface area contributed by atoms with Crippen molar-refractivity contribution in [2.75, 3.05) is 36.5 Å². The molecule has 0 spiro atoms. The Labute approximate surface area is 104 Å². The SMILES string of the molecule is NNc1nccc(N2CCN3C(=O)NCC3C2)n1. The van der Waals surface area contributed by atoms with E-state index in [0.29, 0.717) is 19.0 Å². The molecule has 18 heavy (non-hydrogen) atoms. The molecule has 2 aliphatic heterocycles. The number of aromatic nitrogens is 2. The summed E-state index contributed by atoms with van der Waals surface area (Å²) in [6.45, 7) is 2.96. The molecule has 8 heteroatoms. The second kappa shape index (κ2) is 4.30. The molecule has 1 atom stereocenters. The van der Waals surface area contributed by atoms with E-state index >= 15 is 0 Å². The zero-order valence-electron chi connectivity index (χ0n) is 9.83. The lowest BCUT2D eigenvalue weighted by molar-refractivity contribution is 0.197. The van der Waals surface area contributed by atoms with Crippen LogP contribution in [0.5, 0.6) is 0 Å². The maximum Gasteiger partial charge on any atom is 0.317 e. The number of carbonyl (C=O) groups is 1. The van der Waals surface area contributed by atoms with Gasteiger partial charge in [0.1, 0.15) is 5.82 Å². The number of piperazine rings is 1. The van der Waals surface area contributed by atoms with E-state index in [9.17, 15) is 4.79 Å². The average Bonchev–Trinajstić information content (AvgIpc) is 2.80. The number of nitrogens with two attached hydrogens (primary N) is 1. The summed E-state index contributed by atoms with van der Waals surface area (Å²) in [7, 11) is 0. The Kier molecular flexibility index (Phi) is 2.63. The van der Waals surface area contributed by atoms with Crippen molar-refractivity contribution >= 4 is 17.8 Å². The Hall–Kier alpha value is -2.09. The van der Waals surface area contributed by atoms with Crippen LogP contribution in [0.3, 0.4) is 0 Å². The highest BCUT2D eigenvalue weighted by Gasteiger charge is 2.35. The molecule has 1 aromatic heterocycles. The molecular weight excluding hydrogens is 234 g/mol. The molecule has 2 saturated heterocycles. The van der Waals surface area contributed by atoms with Crippen LogP contribution < -0.4 is 21.5 Å². The number of hydrogen-bond acceptors (Lipinski definition) is 6. The van der Waals surface area contributed by atoms with Gasteiger partial charge in [-0.25, -0.2) is 15.6 Å². The van der Waals surface area contributed by atoms with Crippen molar-refractivity contribution in [3.63, 3.8) is 0 Å². The molecule has 0 aliphatic carbocycles. The fourth-order valence-corrected chi connectivity index (χ4v) is 2.41. The Balaban J connectivity index is 1.76. The van der Waals surface area contributed by atoms with Gasteiger partial charge in [0.2, 0.25) is 5.95 Å². The molecule has 0 radical (unpaired) electrons. The molecule has 3 rings (SSSR count). The first-order valence-electron chi connectivity index (χ1n) is 5.87. The van der Waals surface area contributed by atoms with Gasteiger partial charge in [-0.2, -0.15) is 4.98 Å². The maximum atomic E-state index is 11.5. The van der Waals surface area contributed by atoms with Crippen LogP contribution in [0.4, 0.5) is 16.6 Å². The molecule has 0 bridgehead atoms. The summed E-state index contributed by atoms with van der Waals surface area (Å²) >= 11 is 0. The Morgan fingerprint density at radius 3 is 3.22 bits per heavy atom. The predicted octanol–water partition coefficient (Wildman–Crippen LogP) is -1.02. The molecule has 2 aliphatic rings. The number of urea groups is 1. The van der Waals surface area contributed by atoms with Gasteiger partial charge in [0.25, 0.3) is 0 Å². The van der Waals surface area contributed by atoms with Crippen LogP contribution in [0.25, 0.3) is 0 Å². The molecule has 2 fully saturated rings. The lowest BCUT2D eigenvalue weighted by Gasteiger charge is -2.37. The van der Waals surface area contributed by atoms with Gasteiger partial charge >= 0.3 is 6.03 Å². The molecule has 3 heterocycles. The van der Waals surface area contributed by atoms with E-state index in [-0.39, 0.29) is 12.1 Å². The van der Waals surface area contributed by atoms with Gasteiger partial charge < -0.3 is 15.1 Å². The summed E-state index contributed by atoms with van der Waals surface area (Å²) < 4.78 is 0. The minimum Gasteiger partial charge on any atom is -0.353 e. The summed E-state index contributed by atoms with van der Waals surface area (Å²) in [4.78, 5) is 23.8. The standard InChI is InChI=1S/C10H15N7O/c11-15-9-12-2-1-8(14-9)16-3-4-17-7(6-16)5-13-10(17)18/h1-2,7H,3-6,11H2,(H,13,18)(H,12,14,15). The van der Waals surface area contributed by atoms with Crippen LogP contribution in [0.15, 0.2) is 12.3 Å². The molecule has 1 unspecified atom stereocenters. The molecule has 0 saturated carbocycles. The smallest absolute Gasteiger partial charge is 0.317 e. The number of nitrogens with one attached hydrogen (secondary N) is 2. The van der Waals surface area contributed by atoms with Crippen LogP contribution in [0, 0.1) is 0 Å². The highest BCUT2D eigenvalue weighted by atomic mass is 16.2. The second-order valence-corrected chi connectivity index (χ2v) is 4.36. The predicted molar refractivity (Wildman–Crippen MR) is 65.9 cm³/mol. The number of amides is 2. The summed E-state index contributed by atoms with van der Waals surface area (Å²) in [6, 6.07) is 2.10. The van der Waals surface area contributed by atoms with Crippen molar-refractivity contribution in [1.82, 2.24) is 20.2 Å². The van der Waals surface area contributed by atoms with E-state index in [2.05, 4.69) is 25.6 Å². The van der Waals surface area contributed by atoms with Crippen LogP contribution in [0.1, 0.15) is 0 Å². The lowest BCUT2D eigenvalue weighted by atomic mass is 10.2. The summed E-state index contributed by atoms with van der Waals surface area (Å²) in [5, 5.41) is 2.85. The molecule has 2 amide bonds. The fourth-order valence-electron chi connectivity index (χ4n) is 2.41. The van der Waals surface area contributed by atoms with Crippen LogP contribution in [-0.4, -0.2) is 53.1 Å². The average molecular weight is 249 g/mol. The van der Waals surface area contributed by atoms with Crippen LogP contribution in [0.2, 0.25) is 0 Å². The summed E-state index contributed by atoms with van der Waals surface area (Å²) in [5.41, 5.74) is 2.43. The Bertz CT molecular complexity index is 465. The quantitative estimate of drug-likeness (QED) is 0.458. The first-order chi connectivity index (χ1) is 8.78. The van der Waals surface area contributed by atoms with E-state index in [1.54, 1.807) is 6.20 Å².